The van der Waals surface area contributed by atoms with Crippen molar-refractivity contribution in [3.63, 3.8) is 0 Å². The molecule has 2 heterocycles. The first-order chi connectivity index (χ1) is 36.1. The third-order valence-corrected chi connectivity index (χ3v) is 16.0. The van der Waals surface area contributed by atoms with Crippen LogP contribution in [0.2, 0.25) is 0 Å². The standard InChI is InChI=1S/C52H70N2O19S4/c1-51(2,3)49-36-39(44-21-15-40(37-47(44)73-49)53(24-11-35-75(59,60)61)26-27-69-30-31-71-33-32-70-29-28-68-5)12-9-13-48-52(4,23-10-34-74(56,57)58)45-38-43(77(65,66)67)20-22-46(45)54(48)25-8-6-7-14-50(55)72-41-16-18-42(19-17-41)76(62,63)64/h9,12-13,15-22,36-38H,6-8,10-11,14,23-35H2,1-5H3,(H3-,56,57,58,59,60,61,62,63,64,65,66,67)/p+1. The van der Waals surface area contributed by atoms with E-state index in [9.17, 15) is 56.7 Å². The summed E-state index contributed by atoms with van der Waals surface area (Å²) in [6.45, 7) is 11.5. The molecule has 4 N–H and O–H groups in total. The lowest BCUT2D eigenvalue weighted by Crippen LogP contribution is -2.35. The molecule has 1 unspecified atom stereocenters. The number of carbonyl (C=O) groups excluding carboxylic acids is 1. The van der Waals surface area contributed by atoms with Crippen LogP contribution in [0.3, 0.4) is 0 Å². The molecule has 0 bridgehead atoms. The number of ether oxygens (including phenoxy) is 5. The van der Waals surface area contributed by atoms with Crippen molar-refractivity contribution in [3.05, 3.63) is 107 Å². The molecule has 0 spiro atoms. The summed E-state index contributed by atoms with van der Waals surface area (Å²) in [6, 6.07) is 16.5. The van der Waals surface area contributed by atoms with E-state index in [1.807, 2.05) is 79.7 Å². The predicted molar refractivity (Wildman–Crippen MR) is 288 cm³/mol. The van der Waals surface area contributed by atoms with E-state index in [4.69, 9.17) is 28.1 Å². The van der Waals surface area contributed by atoms with Crippen LogP contribution >= 0.6 is 0 Å². The smallest absolute Gasteiger partial charge is 0.311 e. The Labute approximate surface area is 451 Å². The van der Waals surface area contributed by atoms with Crippen LogP contribution in [0.4, 0.5) is 5.69 Å². The lowest BCUT2D eigenvalue weighted by atomic mass is 9.77. The molecule has 2 aromatic carbocycles. The molecule has 2 aromatic rings. The number of carbonyl (C=O) groups is 1. The predicted octanol–water partition coefficient (Wildman–Crippen LogP) is 6.43. The molecule has 1 atom stereocenters. The zero-order chi connectivity index (χ0) is 56.7. The van der Waals surface area contributed by atoms with E-state index in [2.05, 4.69) is 0 Å². The maximum absolute atomic E-state index is 12.7. The van der Waals surface area contributed by atoms with Crippen molar-refractivity contribution in [1.82, 2.24) is 4.58 Å². The van der Waals surface area contributed by atoms with Gasteiger partial charge in [0.05, 0.1) is 67.0 Å². The Balaban J connectivity index is 1.47. The number of anilines is 1. The Morgan fingerprint density at radius 3 is 1.92 bits per heavy atom. The average molecular weight is 1160 g/mol. The molecular formula is C52H71N2O19S4+. The highest BCUT2D eigenvalue weighted by atomic mass is 32.2. The third-order valence-electron chi connectivity index (χ3n) is 12.6. The fourth-order valence-corrected chi connectivity index (χ4v) is 10.7. The number of benzene rings is 3. The van der Waals surface area contributed by atoms with Gasteiger partial charge < -0.3 is 33.0 Å². The van der Waals surface area contributed by atoms with Gasteiger partial charge in [0, 0.05) is 60.3 Å². The van der Waals surface area contributed by atoms with Gasteiger partial charge in [0.25, 0.3) is 40.5 Å². The van der Waals surface area contributed by atoms with Crippen LogP contribution in [0.25, 0.3) is 17.4 Å². The molecule has 0 aromatic heterocycles. The molecule has 0 radical (unpaired) electrons. The fourth-order valence-electron chi connectivity index (χ4n) is 8.70. The molecule has 0 saturated heterocycles. The summed E-state index contributed by atoms with van der Waals surface area (Å²) in [7, 11) is -16.1. The molecule has 2 aliphatic heterocycles. The summed E-state index contributed by atoms with van der Waals surface area (Å²) in [5, 5.41) is 0.710. The highest BCUT2D eigenvalue weighted by Gasteiger charge is 2.44. The number of allylic oxidation sites excluding steroid dienone is 3. The quantitative estimate of drug-likeness (QED) is 0.0139. The summed E-state index contributed by atoms with van der Waals surface area (Å²) >= 11 is 0. The van der Waals surface area contributed by atoms with E-state index >= 15 is 0 Å². The Bertz CT molecular complexity index is 3200. The normalized spacial score (nSPS) is 16.4. The number of hydrogen-bond acceptors (Lipinski definition) is 16. The van der Waals surface area contributed by atoms with E-state index in [1.54, 1.807) is 13.2 Å². The summed E-state index contributed by atoms with van der Waals surface area (Å²) in [6.07, 6.45) is 7.28. The van der Waals surface area contributed by atoms with Gasteiger partial charge in [-0.1, -0.05) is 39.3 Å². The Morgan fingerprint density at radius 1 is 0.701 bits per heavy atom. The van der Waals surface area contributed by atoms with E-state index in [1.165, 1.54) is 24.3 Å². The van der Waals surface area contributed by atoms with Gasteiger partial charge in [0.2, 0.25) is 5.36 Å². The van der Waals surface area contributed by atoms with Gasteiger partial charge >= 0.3 is 5.97 Å². The number of methoxy groups -OCH3 is 1. The van der Waals surface area contributed by atoms with Gasteiger partial charge in [-0.05, 0) is 104 Å². The van der Waals surface area contributed by atoms with Gasteiger partial charge in [0.1, 0.15) is 30.4 Å². The van der Waals surface area contributed by atoms with Crippen LogP contribution in [0, 0.1) is 0 Å². The SMILES string of the molecule is COCCOCCOCCOCC[N+](CCCS(=O)(=O)O)=c1ccc2c(C=CC=C3N(CCCCCC(=O)Oc4ccc(S(=O)(=O)O)cc4)c4ccc(S(=O)(=O)O)cc4C3(C)CCCS(=O)(=O)O)cc(C(C)(C)C)oc-2c1. The third kappa shape index (κ3) is 19.8. The number of rotatable bonds is 31. The van der Waals surface area contributed by atoms with Gasteiger partial charge in [-0.3, -0.25) is 23.0 Å². The van der Waals surface area contributed by atoms with E-state index in [0.29, 0.717) is 106 Å². The average Bonchev–Trinajstić information content (AvgIpc) is 3.56. The fraction of sp³-hybridized carbons (Fsp3) is 0.500. The minimum absolute atomic E-state index is 0.0121. The molecule has 1 aliphatic carbocycles. The highest BCUT2D eigenvalue weighted by molar-refractivity contribution is 7.86. The summed E-state index contributed by atoms with van der Waals surface area (Å²) in [4.78, 5) is 14.0. The van der Waals surface area contributed by atoms with Crippen LogP contribution in [-0.4, -0.2) is 142 Å². The number of unbranched alkanes of at least 4 members (excludes halogenated alkanes) is 2. The maximum Gasteiger partial charge on any atom is 0.311 e. The molecule has 25 heteroatoms. The van der Waals surface area contributed by atoms with Crippen LogP contribution in [0.15, 0.2) is 98.8 Å². The van der Waals surface area contributed by atoms with Crippen molar-refractivity contribution in [2.75, 3.05) is 89.4 Å². The van der Waals surface area contributed by atoms with Crippen molar-refractivity contribution in [3.8, 4) is 17.1 Å². The minimum Gasteiger partial charge on any atom is -0.460 e. The van der Waals surface area contributed by atoms with E-state index in [-0.39, 0.29) is 54.4 Å². The second kappa shape index (κ2) is 27.8. The van der Waals surface area contributed by atoms with E-state index in [0.717, 1.165) is 23.3 Å². The van der Waals surface area contributed by atoms with Crippen molar-refractivity contribution >= 4 is 58.2 Å². The lowest BCUT2D eigenvalue weighted by molar-refractivity contribution is -0.134. The zero-order valence-corrected chi connectivity index (χ0v) is 47.2. The topological polar surface area (TPSA) is 300 Å². The van der Waals surface area contributed by atoms with E-state index < -0.39 is 68.8 Å². The summed E-state index contributed by atoms with van der Waals surface area (Å²) in [5.41, 5.74) is 1.71. The molecule has 77 heavy (non-hydrogen) atoms. The first-order valence-electron chi connectivity index (χ1n) is 24.9. The van der Waals surface area contributed by atoms with Gasteiger partial charge in [-0.15, -0.1) is 0 Å². The van der Waals surface area contributed by atoms with Crippen molar-refractivity contribution in [1.29, 1.82) is 0 Å². The largest absolute Gasteiger partial charge is 0.460 e. The first kappa shape index (κ1) is 62.9. The number of esters is 1. The molecule has 0 amide bonds. The lowest BCUT2D eigenvalue weighted by Gasteiger charge is -2.30. The van der Waals surface area contributed by atoms with Crippen LogP contribution in [-0.2, 0) is 75.0 Å². The van der Waals surface area contributed by atoms with Crippen LogP contribution in [0.1, 0.15) is 89.5 Å². The summed E-state index contributed by atoms with van der Waals surface area (Å²) in [5.74, 6) is -0.315. The first-order valence-corrected chi connectivity index (χ1v) is 31.0. The molecule has 5 rings (SSSR count). The zero-order valence-electron chi connectivity index (χ0n) is 44.0. The highest BCUT2D eigenvalue weighted by Crippen LogP contribution is 2.51. The maximum atomic E-state index is 12.7. The molecular weight excluding hydrogens is 1080 g/mol. The minimum atomic E-state index is -4.67. The summed E-state index contributed by atoms with van der Waals surface area (Å²) < 4.78 is 169. The van der Waals surface area contributed by atoms with Crippen LogP contribution in [0.5, 0.6) is 5.75 Å². The van der Waals surface area contributed by atoms with Gasteiger partial charge in [0.15, 0.2) is 6.54 Å². The van der Waals surface area contributed by atoms with Gasteiger partial charge in [-0.25, -0.2) is 4.58 Å². The second-order valence-corrected chi connectivity index (χ2v) is 25.6. The van der Waals surface area contributed by atoms with Crippen molar-refractivity contribution < 1.29 is 84.8 Å². The Morgan fingerprint density at radius 2 is 1.31 bits per heavy atom. The molecule has 3 aliphatic rings. The molecule has 0 saturated carbocycles. The molecule has 426 valence electrons. The van der Waals surface area contributed by atoms with Crippen molar-refractivity contribution in [2.24, 2.45) is 0 Å². The molecule has 0 fully saturated rings. The number of hydrogen-bond donors (Lipinski definition) is 4. The second-order valence-electron chi connectivity index (χ2n) is 19.6. The molecule has 21 nitrogen and oxygen atoms in total. The monoisotopic (exact) mass is 1160 g/mol. The van der Waals surface area contributed by atoms with Crippen LogP contribution < -0.4 is 19.6 Å². The Hall–Kier alpha value is -4.90. The number of nitrogens with zero attached hydrogens (tertiary/aromatic N) is 2. The Kier molecular flexibility index (Phi) is 22.7. The van der Waals surface area contributed by atoms with Crippen molar-refractivity contribution in [2.45, 2.75) is 93.3 Å². The number of fused-ring (bicyclic) bond motifs is 2. The van der Waals surface area contributed by atoms with Gasteiger partial charge in [-0.2, -0.15) is 33.7 Å².